The molecule has 0 aromatic heterocycles. The summed E-state index contributed by atoms with van der Waals surface area (Å²) in [5, 5.41) is 19.3. The summed E-state index contributed by atoms with van der Waals surface area (Å²) in [6.07, 6.45) is 0.875. The zero-order valence-corrected chi connectivity index (χ0v) is 11.0. The Morgan fingerprint density at radius 3 is 2.26 bits per heavy atom. The number of phenols is 2. The maximum absolute atomic E-state index is 9.97. The Balaban J connectivity index is 2.37. The molecule has 3 nitrogen and oxygen atoms in total. The van der Waals surface area contributed by atoms with Crippen molar-refractivity contribution in [1.29, 1.82) is 0 Å². The molecule has 0 aliphatic heterocycles. The summed E-state index contributed by atoms with van der Waals surface area (Å²) < 4.78 is 0. The van der Waals surface area contributed by atoms with Crippen LogP contribution in [-0.2, 0) is 6.54 Å². The highest BCUT2D eigenvalue weighted by Crippen LogP contribution is 2.35. The first kappa shape index (κ1) is 13.4. The van der Waals surface area contributed by atoms with Crippen LogP contribution >= 0.6 is 0 Å². The van der Waals surface area contributed by atoms with Gasteiger partial charge in [0, 0.05) is 24.1 Å². The molecule has 3 heteroatoms. The smallest absolute Gasteiger partial charge is 0.123 e. The fourth-order valence-electron chi connectivity index (χ4n) is 2.35. The Hall–Kier alpha value is -2.00. The molecule has 0 radical (unpaired) electrons. The van der Waals surface area contributed by atoms with Crippen molar-refractivity contribution in [2.45, 2.75) is 25.8 Å². The van der Waals surface area contributed by atoms with Crippen molar-refractivity contribution in [3.05, 3.63) is 59.2 Å². The predicted octanol–water partition coefficient (Wildman–Crippen LogP) is 3.10. The van der Waals surface area contributed by atoms with Gasteiger partial charge in [-0.3, -0.25) is 0 Å². The van der Waals surface area contributed by atoms with Crippen LogP contribution in [0, 0.1) is 0 Å². The van der Waals surface area contributed by atoms with Gasteiger partial charge in [0.2, 0.25) is 0 Å². The number of phenolic OH excluding ortho intramolecular Hbond substituents is 2. The van der Waals surface area contributed by atoms with E-state index < -0.39 is 0 Å². The van der Waals surface area contributed by atoms with Crippen molar-refractivity contribution in [2.24, 2.45) is 5.73 Å². The van der Waals surface area contributed by atoms with Gasteiger partial charge < -0.3 is 15.9 Å². The molecule has 1 atom stereocenters. The maximum Gasteiger partial charge on any atom is 0.123 e. The second-order valence-corrected chi connectivity index (χ2v) is 4.65. The number of aromatic hydroxyl groups is 2. The van der Waals surface area contributed by atoms with E-state index in [1.807, 2.05) is 24.3 Å². The van der Waals surface area contributed by atoms with Crippen LogP contribution < -0.4 is 5.73 Å². The highest BCUT2D eigenvalue weighted by molar-refractivity contribution is 5.45. The number of hydrogen-bond donors (Lipinski definition) is 3. The minimum absolute atomic E-state index is 0.0783. The average Bonchev–Trinajstić information content (AvgIpc) is 2.42. The van der Waals surface area contributed by atoms with Gasteiger partial charge in [-0.25, -0.2) is 0 Å². The van der Waals surface area contributed by atoms with Crippen molar-refractivity contribution in [1.82, 2.24) is 0 Å². The van der Waals surface area contributed by atoms with Gasteiger partial charge in [0.05, 0.1) is 0 Å². The first-order valence-corrected chi connectivity index (χ1v) is 6.46. The van der Waals surface area contributed by atoms with Crippen LogP contribution in [-0.4, -0.2) is 10.2 Å². The van der Waals surface area contributed by atoms with Crippen molar-refractivity contribution < 1.29 is 10.2 Å². The second-order valence-electron chi connectivity index (χ2n) is 4.65. The van der Waals surface area contributed by atoms with Gasteiger partial charge in [-0.1, -0.05) is 37.3 Å². The fourth-order valence-corrected chi connectivity index (χ4v) is 2.35. The topological polar surface area (TPSA) is 66.5 Å². The number of benzene rings is 2. The van der Waals surface area contributed by atoms with E-state index in [4.69, 9.17) is 5.73 Å². The highest BCUT2D eigenvalue weighted by Gasteiger charge is 2.16. The average molecular weight is 257 g/mol. The van der Waals surface area contributed by atoms with Crippen LogP contribution in [0.5, 0.6) is 11.5 Å². The Morgan fingerprint density at radius 1 is 1.05 bits per heavy atom. The second kappa shape index (κ2) is 5.76. The van der Waals surface area contributed by atoms with Gasteiger partial charge in [0.15, 0.2) is 0 Å². The van der Waals surface area contributed by atoms with E-state index >= 15 is 0 Å². The van der Waals surface area contributed by atoms with Crippen molar-refractivity contribution in [3.63, 3.8) is 0 Å². The molecule has 2 aromatic carbocycles. The molecule has 2 rings (SSSR count). The van der Waals surface area contributed by atoms with Gasteiger partial charge in [0.1, 0.15) is 11.5 Å². The molecule has 0 amide bonds. The van der Waals surface area contributed by atoms with Gasteiger partial charge >= 0.3 is 0 Å². The highest BCUT2D eigenvalue weighted by atomic mass is 16.3. The predicted molar refractivity (Wildman–Crippen MR) is 76.2 cm³/mol. The fraction of sp³-hybridized carbons (Fsp3) is 0.250. The molecule has 0 saturated carbocycles. The van der Waals surface area contributed by atoms with Crippen LogP contribution in [0.15, 0.2) is 42.5 Å². The van der Waals surface area contributed by atoms with Crippen molar-refractivity contribution in [3.8, 4) is 11.5 Å². The Labute approximate surface area is 113 Å². The summed E-state index contributed by atoms with van der Waals surface area (Å²) in [6.45, 7) is 2.61. The normalized spacial score (nSPS) is 12.3. The van der Waals surface area contributed by atoms with Crippen LogP contribution in [0.25, 0.3) is 0 Å². The van der Waals surface area contributed by atoms with Crippen molar-refractivity contribution >= 4 is 0 Å². The van der Waals surface area contributed by atoms with Gasteiger partial charge in [-0.05, 0) is 23.6 Å². The summed E-state index contributed by atoms with van der Waals surface area (Å²) >= 11 is 0. The zero-order chi connectivity index (χ0) is 13.8. The van der Waals surface area contributed by atoms with E-state index in [2.05, 4.69) is 6.92 Å². The van der Waals surface area contributed by atoms with Crippen LogP contribution in [0.2, 0.25) is 0 Å². The minimum atomic E-state index is 0.0783. The maximum atomic E-state index is 9.97. The molecule has 4 N–H and O–H groups in total. The molecular formula is C16H19NO2. The molecule has 2 aromatic rings. The summed E-state index contributed by atoms with van der Waals surface area (Å²) in [5.41, 5.74) is 8.66. The Kier molecular flexibility index (Phi) is 4.07. The van der Waals surface area contributed by atoms with Crippen LogP contribution in [0.3, 0.4) is 0 Å². The molecule has 0 fully saturated rings. The van der Waals surface area contributed by atoms with E-state index in [0.29, 0.717) is 6.54 Å². The number of hydrogen-bond acceptors (Lipinski definition) is 3. The molecule has 0 spiro atoms. The van der Waals surface area contributed by atoms with Crippen LogP contribution in [0.1, 0.15) is 36.0 Å². The molecule has 0 aliphatic rings. The first-order valence-electron chi connectivity index (χ1n) is 6.46. The lowest BCUT2D eigenvalue weighted by Gasteiger charge is -2.17. The Bertz CT molecular complexity index is 549. The quantitative estimate of drug-likeness (QED) is 0.788. The van der Waals surface area contributed by atoms with E-state index in [0.717, 1.165) is 23.1 Å². The number of rotatable bonds is 4. The lowest BCUT2D eigenvalue weighted by atomic mass is 9.88. The third-order valence-electron chi connectivity index (χ3n) is 3.42. The third kappa shape index (κ3) is 2.88. The Morgan fingerprint density at radius 2 is 1.74 bits per heavy atom. The summed E-state index contributed by atoms with van der Waals surface area (Å²) in [7, 11) is 0. The third-order valence-corrected chi connectivity index (χ3v) is 3.42. The summed E-state index contributed by atoms with van der Waals surface area (Å²) in [6, 6.07) is 12.9. The van der Waals surface area contributed by atoms with E-state index in [1.54, 1.807) is 12.1 Å². The van der Waals surface area contributed by atoms with Crippen molar-refractivity contribution in [2.75, 3.05) is 0 Å². The van der Waals surface area contributed by atoms with Gasteiger partial charge in [-0.15, -0.1) is 0 Å². The molecule has 100 valence electrons. The monoisotopic (exact) mass is 257 g/mol. The molecule has 0 aliphatic carbocycles. The summed E-state index contributed by atoms with van der Waals surface area (Å²) in [4.78, 5) is 0. The lowest BCUT2D eigenvalue weighted by Crippen LogP contribution is -2.01. The number of nitrogens with two attached hydrogens (primary N) is 1. The SMILES string of the molecule is CCC(c1ccc(CN)cc1)c1ccc(O)cc1O. The van der Waals surface area contributed by atoms with E-state index in [9.17, 15) is 10.2 Å². The largest absolute Gasteiger partial charge is 0.508 e. The zero-order valence-electron chi connectivity index (χ0n) is 11.0. The molecular weight excluding hydrogens is 238 g/mol. The van der Waals surface area contributed by atoms with Gasteiger partial charge in [-0.2, -0.15) is 0 Å². The molecule has 0 heterocycles. The van der Waals surface area contributed by atoms with E-state index in [1.165, 1.54) is 6.07 Å². The standard InChI is InChI=1S/C16H19NO2/c1-2-14(12-5-3-11(10-17)4-6-12)15-8-7-13(18)9-16(15)19/h3-9,14,18-19H,2,10,17H2,1H3. The first-order chi connectivity index (χ1) is 9.15. The molecule has 0 saturated heterocycles. The summed E-state index contributed by atoms with van der Waals surface area (Å²) in [5.74, 6) is 0.330. The lowest BCUT2D eigenvalue weighted by molar-refractivity contribution is 0.443. The molecule has 19 heavy (non-hydrogen) atoms. The van der Waals surface area contributed by atoms with Crippen LogP contribution in [0.4, 0.5) is 0 Å². The van der Waals surface area contributed by atoms with Gasteiger partial charge in [0.25, 0.3) is 0 Å². The molecule has 1 unspecified atom stereocenters. The minimum Gasteiger partial charge on any atom is -0.508 e. The molecule has 0 bridgehead atoms. The van der Waals surface area contributed by atoms with E-state index in [-0.39, 0.29) is 17.4 Å².